The van der Waals surface area contributed by atoms with Gasteiger partial charge in [0.1, 0.15) is 12.4 Å². The lowest BCUT2D eigenvalue weighted by atomic mass is 10.2. The molecule has 0 radical (unpaired) electrons. The van der Waals surface area contributed by atoms with Gasteiger partial charge in [-0.25, -0.2) is 22.3 Å². The largest absolute Gasteiger partial charge is 0.488 e. The number of halogens is 2. The van der Waals surface area contributed by atoms with Gasteiger partial charge in [-0.15, -0.1) is 0 Å². The molecule has 1 aromatic rings. The van der Waals surface area contributed by atoms with E-state index in [4.69, 9.17) is 9.57 Å². The Morgan fingerprint density at radius 2 is 1.95 bits per heavy atom. The molecule has 22 heavy (non-hydrogen) atoms. The third-order valence-electron chi connectivity index (χ3n) is 2.95. The summed E-state index contributed by atoms with van der Waals surface area (Å²) < 4.78 is 51.8. The molecule has 9 heteroatoms. The highest BCUT2D eigenvalue weighted by molar-refractivity contribution is 7.91. The zero-order chi connectivity index (χ0) is 16.2. The highest BCUT2D eigenvalue weighted by Gasteiger charge is 2.24. The van der Waals surface area contributed by atoms with Crippen LogP contribution in [0.15, 0.2) is 24.3 Å². The molecule has 0 atom stereocenters. The predicted octanol–water partition coefficient (Wildman–Crippen LogP) is 1.13. The Bertz CT molecular complexity index is 618. The minimum atomic E-state index is -3.20. The minimum absolute atomic E-state index is 0.0508. The summed E-state index contributed by atoms with van der Waals surface area (Å²) in [5.74, 6) is -0.556. The van der Waals surface area contributed by atoms with Gasteiger partial charge in [0.25, 0.3) is 12.3 Å². The Morgan fingerprint density at radius 1 is 1.27 bits per heavy atom. The van der Waals surface area contributed by atoms with Crippen LogP contribution in [-0.2, 0) is 14.7 Å². The summed E-state index contributed by atoms with van der Waals surface area (Å²) in [6, 6.07) is 5.60. The van der Waals surface area contributed by atoms with Gasteiger partial charge in [0, 0.05) is 5.56 Å². The Labute approximate surface area is 126 Å². The van der Waals surface area contributed by atoms with Crippen LogP contribution in [0.2, 0.25) is 0 Å². The number of hydroxylamine groups is 2. The molecule has 1 heterocycles. The van der Waals surface area contributed by atoms with E-state index < -0.39 is 28.8 Å². The van der Waals surface area contributed by atoms with E-state index >= 15 is 0 Å². The molecule has 6 nitrogen and oxygen atoms in total. The number of hydrogen-bond acceptors (Lipinski definition) is 5. The fourth-order valence-corrected chi connectivity index (χ4v) is 2.80. The highest BCUT2D eigenvalue weighted by Crippen LogP contribution is 2.15. The third kappa shape index (κ3) is 4.63. The van der Waals surface area contributed by atoms with Crippen LogP contribution in [0.25, 0.3) is 0 Å². The summed E-state index contributed by atoms with van der Waals surface area (Å²) in [5, 5.41) is 1.000. The molecule has 0 spiro atoms. The van der Waals surface area contributed by atoms with Crippen LogP contribution in [0, 0.1) is 0 Å². The van der Waals surface area contributed by atoms with Crippen molar-refractivity contribution in [2.45, 2.75) is 6.43 Å². The van der Waals surface area contributed by atoms with Crippen LogP contribution in [0.5, 0.6) is 5.75 Å². The Balaban J connectivity index is 2.00. The first-order valence-corrected chi connectivity index (χ1v) is 8.36. The molecule has 0 aromatic heterocycles. The quantitative estimate of drug-likeness (QED) is 0.825. The second-order valence-electron chi connectivity index (χ2n) is 4.62. The smallest absolute Gasteiger partial charge is 0.277 e. The molecular weight excluding hydrogens is 320 g/mol. The molecule has 1 amide bonds. The maximum absolute atomic E-state index is 12.2. The fraction of sp³-hybridized carbons (Fsp3) is 0.462. The molecular formula is C13H15F2NO5S. The number of carbonyl (C=O) groups is 1. The van der Waals surface area contributed by atoms with E-state index in [0.29, 0.717) is 0 Å². The number of hydrogen-bond donors (Lipinski definition) is 0. The van der Waals surface area contributed by atoms with Gasteiger partial charge >= 0.3 is 0 Å². The van der Waals surface area contributed by atoms with Crippen LogP contribution >= 0.6 is 0 Å². The summed E-state index contributed by atoms with van der Waals surface area (Å²) in [6.07, 6.45) is -2.58. The lowest BCUT2D eigenvalue weighted by molar-refractivity contribution is -0.111. The number of alkyl halides is 2. The van der Waals surface area contributed by atoms with Crippen molar-refractivity contribution in [2.75, 3.05) is 31.3 Å². The van der Waals surface area contributed by atoms with E-state index in [2.05, 4.69) is 0 Å². The molecule has 2 rings (SSSR count). The topological polar surface area (TPSA) is 72.9 Å². The number of carbonyl (C=O) groups excluding carboxylic acids is 1. The number of sulfone groups is 1. The molecule has 0 unspecified atom stereocenters. The Kier molecular flexibility index (Phi) is 5.30. The van der Waals surface area contributed by atoms with Crippen LogP contribution in [0.4, 0.5) is 8.78 Å². The molecule has 0 bridgehead atoms. The third-order valence-corrected chi connectivity index (χ3v) is 4.54. The van der Waals surface area contributed by atoms with Crippen molar-refractivity contribution in [2.24, 2.45) is 0 Å². The van der Waals surface area contributed by atoms with Crippen molar-refractivity contribution in [1.29, 1.82) is 0 Å². The number of amides is 1. The second kappa shape index (κ2) is 7.01. The van der Waals surface area contributed by atoms with Gasteiger partial charge in [-0.1, -0.05) is 0 Å². The van der Waals surface area contributed by atoms with Gasteiger partial charge in [-0.05, 0) is 24.3 Å². The predicted molar refractivity (Wildman–Crippen MR) is 73.6 cm³/mol. The standard InChI is InChI=1S/C13H15F2NO5S/c14-12(15)9-20-11-3-1-10(2-4-11)13(17)16-5-7-22(18,19)8-6-21-16/h1-4,12H,5-9H2. The lowest BCUT2D eigenvalue weighted by Gasteiger charge is -2.18. The lowest BCUT2D eigenvalue weighted by Crippen LogP contribution is -2.32. The Morgan fingerprint density at radius 3 is 2.59 bits per heavy atom. The molecule has 0 N–H and O–H groups in total. The van der Waals surface area contributed by atoms with Gasteiger partial charge in [-0.2, -0.15) is 0 Å². The molecule has 1 saturated heterocycles. The van der Waals surface area contributed by atoms with Crippen molar-refractivity contribution in [1.82, 2.24) is 5.06 Å². The van der Waals surface area contributed by atoms with Crippen molar-refractivity contribution < 1.29 is 31.6 Å². The summed E-state index contributed by atoms with van der Waals surface area (Å²) in [6.45, 7) is -0.852. The summed E-state index contributed by atoms with van der Waals surface area (Å²) >= 11 is 0. The Hall–Kier alpha value is -1.74. The van der Waals surface area contributed by atoms with E-state index in [0.717, 1.165) is 5.06 Å². The molecule has 0 aliphatic carbocycles. The summed E-state index contributed by atoms with van der Waals surface area (Å²) in [4.78, 5) is 17.3. The van der Waals surface area contributed by atoms with Crippen molar-refractivity contribution >= 4 is 15.7 Å². The van der Waals surface area contributed by atoms with Crippen molar-refractivity contribution in [3.63, 3.8) is 0 Å². The van der Waals surface area contributed by atoms with E-state index in [-0.39, 0.29) is 36.0 Å². The zero-order valence-corrected chi connectivity index (χ0v) is 12.4. The van der Waals surface area contributed by atoms with Crippen LogP contribution in [0.1, 0.15) is 10.4 Å². The van der Waals surface area contributed by atoms with E-state index in [1.165, 1.54) is 24.3 Å². The molecule has 122 valence electrons. The van der Waals surface area contributed by atoms with Gasteiger partial charge in [0.05, 0.1) is 24.7 Å². The van der Waals surface area contributed by atoms with Crippen molar-refractivity contribution in [3.05, 3.63) is 29.8 Å². The van der Waals surface area contributed by atoms with Gasteiger partial charge in [0.15, 0.2) is 9.84 Å². The van der Waals surface area contributed by atoms with Gasteiger partial charge < -0.3 is 4.74 Å². The molecule has 1 aliphatic rings. The van der Waals surface area contributed by atoms with E-state index in [9.17, 15) is 22.0 Å². The van der Waals surface area contributed by atoms with Crippen LogP contribution in [-0.4, -0.2) is 57.1 Å². The molecule has 1 aliphatic heterocycles. The number of rotatable bonds is 4. The second-order valence-corrected chi connectivity index (χ2v) is 6.92. The molecule has 0 saturated carbocycles. The number of ether oxygens (including phenoxy) is 1. The normalized spacial score (nSPS) is 18.0. The monoisotopic (exact) mass is 335 g/mol. The van der Waals surface area contributed by atoms with Crippen LogP contribution < -0.4 is 4.74 Å². The average molecular weight is 335 g/mol. The zero-order valence-electron chi connectivity index (χ0n) is 11.6. The minimum Gasteiger partial charge on any atom is -0.488 e. The first-order valence-electron chi connectivity index (χ1n) is 6.53. The maximum atomic E-state index is 12.2. The maximum Gasteiger partial charge on any atom is 0.277 e. The number of nitrogens with zero attached hydrogens (tertiary/aromatic N) is 1. The van der Waals surface area contributed by atoms with Gasteiger partial charge in [-0.3, -0.25) is 9.63 Å². The SMILES string of the molecule is O=C(c1ccc(OCC(F)F)cc1)N1CCS(=O)(=O)CCO1. The molecule has 1 fully saturated rings. The average Bonchev–Trinajstić information content (AvgIpc) is 2.66. The number of benzene rings is 1. The first kappa shape index (κ1) is 16.6. The van der Waals surface area contributed by atoms with Gasteiger partial charge in [0.2, 0.25) is 0 Å². The van der Waals surface area contributed by atoms with E-state index in [1.54, 1.807) is 0 Å². The fourth-order valence-electron chi connectivity index (χ4n) is 1.82. The van der Waals surface area contributed by atoms with Crippen molar-refractivity contribution in [3.8, 4) is 5.75 Å². The first-order chi connectivity index (χ1) is 10.4. The highest BCUT2D eigenvalue weighted by atomic mass is 32.2. The van der Waals surface area contributed by atoms with Crippen LogP contribution in [0.3, 0.4) is 0 Å². The summed E-state index contributed by atoms with van der Waals surface area (Å²) in [7, 11) is -3.20. The van der Waals surface area contributed by atoms with E-state index in [1.807, 2.05) is 0 Å². The summed E-state index contributed by atoms with van der Waals surface area (Å²) in [5.41, 5.74) is 0.253. The molecule has 1 aromatic carbocycles.